The maximum absolute atomic E-state index is 6.09. The average Bonchev–Trinajstić information content (AvgIpc) is 2.44. The number of nitrogens with one attached hydrogen (secondary N) is 1. The molecule has 1 aromatic rings. The lowest BCUT2D eigenvalue weighted by atomic mass is 9.88. The van der Waals surface area contributed by atoms with Crippen molar-refractivity contribution in [1.82, 2.24) is 5.32 Å². The monoisotopic (exact) mass is 291 g/mol. The Kier molecular flexibility index (Phi) is 5.28. The van der Waals surface area contributed by atoms with Crippen LogP contribution in [-0.4, -0.2) is 25.8 Å². The molecular weight excluding hydrogens is 262 g/mol. The van der Waals surface area contributed by atoms with Crippen LogP contribution in [0.4, 0.5) is 0 Å². The molecule has 3 nitrogen and oxygen atoms in total. The molecule has 1 N–H and O–H groups in total. The van der Waals surface area contributed by atoms with Gasteiger partial charge in [-0.1, -0.05) is 6.07 Å². The van der Waals surface area contributed by atoms with E-state index in [-0.39, 0.29) is 11.6 Å². The summed E-state index contributed by atoms with van der Waals surface area (Å²) in [5.41, 5.74) is 2.60. The summed E-state index contributed by atoms with van der Waals surface area (Å²) >= 11 is 0. The van der Waals surface area contributed by atoms with Crippen molar-refractivity contribution in [1.29, 1.82) is 0 Å². The Morgan fingerprint density at radius 3 is 2.71 bits per heavy atom. The summed E-state index contributed by atoms with van der Waals surface area (Å²) in [6.07, 6.45) is 2.57. The standard InChI is InChI=1S/C18H29NO2/c1-13-11-14(8-9-16(13)20-5)17-15(7-6-10-21-17)12-19-18(2,3)4/h8-9,11,15,17,19H,6-7,10,12H2,1-5H3. The quantitative estimate of drug-likeness (QED) is 0.913. The van der Waals surface area contributed by atoms with Crippen molar-refractivity contribution >= 4 is 0 Å². The second-order valence-electron chi connectivity index (χ2n) is 7.05. The van der Waals surface area contributed by atoms with Crippen molar-refractivity contribution in [3.05, 3.63) is 29.3 Å². The zero-order chi connectivity index (χ0) is 15.5. The first-order valence-corrected chi connectivity index (χ1v) is 7.92. The van der Waals surface area contributed by atoms with Crippen molar-refractivity contribution < 1.29 is 9.47 Å². The maximum atomic E-state index is 6.09. The number of benzene rings is 1. The Morgan fingerprint density at radius 1 is 1.33 bits per heavy atom. The molecule has 3 heteroatoms. The van der Waals surface area contributed by atoms with Gasteiger partial charge in [-0.15, -0.1) is 0 Å². The van der Waals surface area contributed by atoms with Crippen molar-refractivity contribution in [3.8, 4) is 5.75 Å². The van der Waals surface area contributed by atoms with Crippen LogP contribution in [0.5, 0.6) is 5.75 Å². The molecule has 1 aliphatic rings. The lowest BCUT2D eigenvalue weighted by Crippen LogP contribution is -2.41. The van der Waals surface area contributed by atoms with Crippen molar-refractivity contribution in [2.45, 2.75) is 52.2 Å². The zero-order valence-corrected chi connectivity index (χ0v) is 14.0. The molecule has 0 bridgehead atoms. The summed E-state index contributed by atoms with van der Waals surface area (Å²) in [7, 11) is 1.72. The third-order valence-electron chi connectivity index (χ3n) is 4.09. The van der Waals surface area contributed by atoms with Crippen LogP contribution in [0.2, 0.25) is 0 Å². The highest BCUT2D eigenvalue weighted by Gasteiger charge is 2.28. The van der Waals surface area contributed by atoms with Gasteiger partial charge >= 0.3 is 0 Å². The molecule has 0 radical (unpaired) electrons. The molecule has 2 rings (SSSR count). The van der Waals surface area contributed by atoms with Crippen molar-refractivity contribution in [2.24, 2.45) is 5.92 Å². The first kappa shape index (κ1) is 16.3. The molecular formula is C18H29NO2. The van der Waals surface area contributed by atoms with Crippen LogP contribution in [-0.2, 0) is 4.74 Å². The van der Waals surface area contributed by atoms with Gasteiger partial charge in [-0.05, 0) is 63.8 Å². The normalized spacial score (nSPS) is 23.1. The molecule has 118 valence electrons. The van der Waals surface area contributed by atoms with E-state index in [0.717, 1.165) is 25.3 Å². The van der Waals surface area contributed by atoms with Crippen molar-refractivity contribution in [2.75, 3.05) is 20.3 Å². The lowest BCUT2D eigenvalue weighted by molar-refractivity contribution is -0.0293. The number of methoxy groups -OCH3 is 1. The average molecular weight is 291 g/mol. The summed E-state index contributed by atoms with van der Waals surface area (Å²) in [5.74, 6) is 1.48. The minimum Gasteiger partial charge on any atom is -0.496 e. The molecule has 0 amide bonds. The highest BCUT2D eigenvalue weighted by Crippen LogP contribution is 2.35. The number of hydrogen-bond donors (Lipinski definition) is 1. The number of rotatable bonds is 4. The minimum absolute atomic E-state index is 0.151. The fourth-order valence-corrected chi connectivity index (χ4v) is 2.94. The van der Waals surface area contributed by atoms with Gasteiger partial charge < -0.3 is 14.8 Å². The molecule has 2 unspecified atom stereocenters. The molecule has 1 saturated heterocycles. The fraction of sp³-hybridized carbons (Fsp3) is 0.667. The minimum atomic E-state index is 0.151. The van der Waals surface area contributed by atoms with E-state index in [1.165, 1.54) is 17.5 Å². The summed E-state index contributed by atoms with van der Waals surface area (Å²) in [4.78, 5) is 0. The second-order valence-corrected chi connectivity index (χ2v) is 7.05. The Hall–Kier alpha value is -1.06. The molecule has 0 aromatic heterocycles. The van der Waals surface area contributed by atoms with Crippen LogP contribution in [0.15, 0.2) is 18.2 Å². The SMILES string of the molecule is COc1ccc(C2OCCCC2CNC(C)(C)C)cc1C. The Labute approximate surface area is 129 Å². The summed E-state index contributed by atoms with van der Waals surface area (Å²) in [5, 5.41) is 3.62. The fourth-order valence-electron chi connectivity index (χ4n) is 2.94. The van der Waals surface area contributed by atoms with Gasteiger partial charge in [-0.3, -0.25) is 0 Å². The summed E-state index contributed by atoms with van der Waals surface area (Å²) in [6.45, 7) is 10.6. The third-order valence-corrected chi connectivity index (χ3v) is 4.09. The van der Waals surface area contributed by atoms with E-state index in [9.17, 15) is 0 Å². The molecule has 21 heavy (non-hydrogen) atoms. The Bertz CT molecular complexity index is 465. The second kappa shape index (κ2) is 6.80. The smallest absolute Gasteiger partial charge is 0.121 e. The Morgan fingerprint density at radius 2 is 2.10 bits per heavy atom. The highest BCUT2D eigenvalue weighted by molar-refractivity contribution is 5.37. The van der Waals surface area contributed by atoms with Gasteiger partial charge in [0.05, 0.1) is 13.2 Å². The molecule has 0 saturated carbocycles. The lowest BCUT2D eigenvalue weighted by Gasteiger charge is -2.34. The molecule has 1 aliphatic heterocycles. The number of ether oxygens (including phenoxy) is 2. The molecule has 0 aliphatic carbocycles. The predicted molar refractivity (Wildman–Crippen MR) is 86.9 cm³/mol. The molecule has 0 spiro atoms. The van der Waals surface area contributed by atoms with Gasteiger partial charge in [-0.2, -0.15) is 0 Å². The van der Waals surface area contributed by atoms with Gasteiger partial charge in [0.1, 0.15) is 5.75 Å². The third kappa shape index (κ3) is 4.45. The van der Waals surface area contributed by atoms with Gasteiger partial charge in [0.2, 0.25) is 0 Å². The number of aryl methyl sites for hydroxylation is 1. The van der Waals surface area contributed by atoms with Gasteiger partial charge in [0.25, 0.3) is 0 Å². The van der Waals surface area contributed by atoms with E-state index in [1.54, 1.807) is 7.11 Å². The molecule has 1 fully saturated rings. The van der Waals surface area contributed by atoms with E-state index in [4.69, 9.17) is 9.47 Å². The van der Waals surface area contributed by atoms with Gasteiger partial charge in [0.15, 0.2) is 0 Å². The van der Waals surface area contributed by atoms with Gasteiger partial charge in [-0.25, -0.2) is 0 Å². The van der Waals surface area contributed by atoms with E-state index in [1.807, 2.05) is 0 Å². The predicted octanol–water partition coefficient (Wildman–Crippen LogP) is 3.86. The first-order valence-electron chi connectivity index (χ1n) is 7.92. The maximum Gasteiger partial charge on any atom is 0.121 e. The molecule has 1 aromatic carbocycles. The summed E-state index contributed by atoms with van der Waals surface area (Å²) < 4.78 is 11.4. The Balaban J connectivity index is 2.12. The van der Waals surface area contributed by atoms with Crippen molar-refractivity contribution in [3.63, 3.8) is 0 Å². The number of hydrogen-bond acceptors (Lipinski definition) is 3. The van der Waals surface area contributed by atoms with E-state index in [2.05, 4.69) is 51.2 Å². The largest absolute Gasteiger partial charge is 0.496 e. The van der Waals surface area contributed by atoms with E-state index >= 15 is 0 Å². The van der Waals surface area contributed by atoms with Gasteiger partial charge in [0, 0.05) is 24.6 Å². The molecule has 2 atom stereocenters. The van der Waals surface area contributed by atoms with Crippen LogP contribution in [0, 0.1) is 12.8 Å². The summed E-state index contributed by atoms with van der Waals surface area (Å²) in [6, 6.07) is 6.40. The van der Waals surface area contributed by atoms with Crippen LogP contribution in [0.25, 0.3) is 0 Å². The van der Waals surface area contributed by atoms with Crippen LogP contribution in [0.1, 0.15) is 50.8 Å². The zero-order valence-electron chi connectivity index (χ0n) is 14.0. The highest BCUT2D eigenvalue weighted by atomic mass is 16.5. The van der Waals surface area contributed by atoms with E-state index < -0.39 is 0 Å². The first-order chi connectivity index (χ1) is 9.90. The van der Waals surface area contributed by atoms with Crippen LogP contribution in [0.3, 0.4) is 0 Å². The molecule has 1 heterocycles. The van der Waals surface area contributed by atoms with E-state index in [0.29, 0.717) is 5.92 Å². The van der Waals surface area contributed by atoms with Crippen LogP contribution >= 0.6 is 0 Å². The van der Waals surface area contributed by atoms with Crippen LogP contribution < -0.4 is 10.1 Å². The topological polar surface area (TPSA) is 30.5 Å².